The molecule has 114 valence electrons. The van der Waals surface area contributed by atoms with E-state index in [2.05, 4.69) is 15.2 Å². The van der Waals surface area contributed by atoms with Crippen molar-refractivity contribution in [1.82, 2.24) is 20.1 Å². The number of aromatic amines is 1. The van der Waals surface area contributed by atoms with Crippen molar-refractivity contribution in [2.24, 2.45) is 0 Å². The van der Waals surface area contributed by atoms with Gasteiger partial charge in [0.05, 0.1) is 11.7 Å². The quantitative estimate of drug-likeness (QED) is 0.792. The van der Waals surface area contributed by atoms with Crippen molar-refractivity contribution in [3.63, 3.8) is 0 Å². The lowest BCUT2D eigenvalue weighted by molar-refractivity contribution is 0.0787. The molecular weight excluding hydrogens is 295 g/mol. The van der Waals surface area contributed by atoms with Gasteiger partial charge in [0.25, 0.3) is 5.91 Å². The minimum Gasteiger partial charge on any atom is -0.329 e. The van der Waals surface area contributed by atoms with Crippen molar-refractivity contribution < 1.29 is 9.18 Å². The molecule has 1 aromatic carbocycles. The Morgan fingerprint density at radius 3 is 2.70 bits per heavy atom. The summed E-state index contributed by atoms with van der Waals surface area (Å²) in [5, 5.41) is 7.11. The molecule has 0 unspecified atom stereocenters. The summed E-state index contributed by atoms with van der Waals surface area (Å²) in [5.41, 5.74) is 3.61. The standard InChI is InChI=1S/C17H13FN4O/c1-22-16(11-3-2-8-19-9-11)13-14(20-21-15(13)17(22)23)10-4-6-12(18)7-5-10/h2-9,16H,1H3,(H,20,21)/t16-/m0/s1. The molecule has 0 aliphatic carbocycles. The van der Waals surface area contributed by atoms with Gasteiger partial charge in [0.15, 0.2) is 0 Å². The fraction of sp³-hybridized carbons (Fsp3) is 0.118. The summed E-state index contributed by atoms with van der Waals surface area (Å²) < 4.78 is 13.2. The first-order chi connectivity index (χ1) is 11.2. The molecule has 1 amide bonds. The molecule has 0 fully saturated rings. The van der Waals surface area contributed by atoms with Crippen LogP contribution in [0.1, 0.15) is 27.7 Å². The van der Waals surface area contributed by atoms with E-state index in [-0.39, 0.29) is 17.8 Å². The summed E-state index contributed by atoms with van der Waals surface area (Å²) in [6.45, 7) is 0. The van der Waals surface area contributed by atoms with E-state index in [0.717, 1.165) is 16.7 Å². The van der Waals surface area contributed by atoms with Crippen LogP contribution >= 0.6 is 0 Å². The highest BCUT2D eigenvalue weighted by molar-refractivity contribution is 5.99. The lowest BCUT2D eigenvalue weighted by Gasteiger charge is -2.21. The zero-order chi connectivity index (χ0) is 16.0. The van der Waals surface area contributed by atoms with Gasteiger partial charge in [-0.15, -0.1) is 0 Å². The predicted molar refractivity (Wildman–Crippen MR) is 82.2 cm³/mol. The second-order valence-corrected chi connectivity index (χ2v) is 5.47. The largest absolute Gasteiger partial charge is 0.329 e. The van der Waals surface area contributed by atoms with Crippen LogP contribution in [0.5, 0.6) is 0 Å². The predicted octanol–water partition coefficient (Wildman–Crippen LogP) is 2.79. The summed E-state index contributed by atoms with van der Waals surface area (Å²) in [6.07, 6.45) is 3.43. The van der Waals surface area contributed by atoms with Crippen LogP contribution in [0, 0.1) is 5.82 Å². The molecule has 3 heterocycles. The lowest BCUT2D eigenvalue weighted by atomic mass is 9.97. The van der Waals surface area contributed by atoms with Crippen molar-refractivity contribution in [3.8, 4) is 11.3 Å². The number of aromatic nitrogens is 3. The zero-order valence-corrected chi connectivity index (χ0v) is 12.3. The third-order valence-corrected chi connectivity index (χ3v) is 4.12. The van der Waals surface area contributed by atoms with Gasteiger partial charge in [-0.05, 0) is 35.9 Å². The topological polar surface area (TPSA) is 61.9 Å². The SMILES string of the molecule is CN1C(=O)c2[nH]nc(-c3ccc(F)cc3)c2[C@@H]1c1cccnc1. The fourth-order valence-corrected chi connectivity index (χ4v) is 3.02. The Labute approximate surface area is 131 Å². The van der Waals surface area contributed by atoms with Crippen molar-refractivity contribution in [1.29, 1.82) is 0 Å². The molecular formula is C17H13FN4O. The molecule has 1 aliphatic rings. The molecule has 0 spiro atoms. The van der Waals surface area contributed by atoms with Crippen molar-refractivity contribution in [2.45, 2.75) is 6.04 Å². The van der Waals surface area contributed by atoms with Gasteiger partial charge in [0, 0.05) is 30.6 Å². The Kier molecular flexibility index (Phi) is 2.97. The number of carbonyl (C=O) groups excluding carboxylic acids is 1. The molecule has 0 radical (unpaired) electrons. The van der Waals surface area contributed by atoms with E-state index in [0.29, 0.717) is 11.4 Å². The monoisotopic (exact) mass is 308 g/mol. The second kappa shape index (κ2) is 5.01. The summed E-state index contributed by atoms with van der Waals surface area (Å²) in [6, 6.07) is 9.60. The summed E-state index contributed by atoms with van der Waals surface area (Å²) in [4.78, 5) is 18.3. The van der Waals surface area contributed by atoms with Crippen LogP contribution in [0.4, 0.5) is 4.39 Å². The average molecular weight is 308 g/mol. The number of nitrogens with one attached hydrogen (secondary N) is 1. The molecule has 5 nitrogen and oxygen atoms in total. The minimum atomic E-state index is -0.307. The van der Waals surface area contributed by atoms with E-state index in [1.807, 2.05) is 12.1 Å². The maximum absolute atomic E-state index is 13.2. The third kappa shape index (κ3) is 2.03. The first kappa shape index (κ1) is 13.6. The summed E-state index contributed by atoms with van der Waals surface area (Å²) in [5.74, 6) is -0.423. The number of nitrogens with zero attached hydrogens (tertiary/aromatic N) is 3. The van der Waals surface area contributed by atoms with Crippen LogP contribution in [0.15, 0.2) is 48.8 Å². The molecule has 2 aromatic heterocycles. The molecule has 6 heteroatoms. The molecule has 1 N–H and O–H groups in total. The molecule has 1 aliphatic heterocycles. The average Bonchev–Trinajstić information content (AvgIpc) is 3.10. The summed E-state index contributed by atoms with van der Waals surface area (Å²) in [7, 11) is 1.75. The lowest BCUT2D eigenvalue weighted by Crippen LogP contribution is -2.24. The van der Waals surface area contributed by atoms with E-state index in [4.69, 9.17) is 0 Å². The molecule has 4 rings (SSSR count). The Hall–Kier alpha value is -3.02. The van der Waals surface area contributed by atoms with Crippen LogP contribution in [0.3, 0.4) is 0 Å². The van der Waals surface area contributed by atoms with Crippen LogP contribution < -0.4 is 0 Å². The van der Waals surface area contributed by atoms with Gasteiger partial charge in [0.1, 0.15) is 11.5 Å². The minimum absolute atomic E-state index is 0.116. The first-order valence-corrected chi connectivity index (χ1v) is 7.18. The number of fused-ring (bicyclic) bond motifs is 1. The Morgan fingerprint density at radius 1 is 1.22 bits per heavy atom. The van der Waals surface area contributed by atoms with Gasteiger partial charge in [-0.2, -0.15) is 5.10 Å². The number of pyridine rings is 1. The number of hydrogen-bond donors (Lipinski definition) is 1. The maximum atomic E-state index is 13.2. The molecule has 0 bridgehead atoms. The second-order valence-electron chi connectivity index (χ2n) is 5.47. The first-order valence-electron chi connectivity index (χ1n) is 7.18. The highest BCUT2D eigenvalue weighted by Gasteiger charge is 2.40. The number of carbonyl (C=O) groups is 1. The maximum Gasteiger partial charge on any atom is 0.272 e. The van der Waals surface area contributed by atoms with Gasteiger partial charge < -0.3 is 4.90 Å². The van der Waals surface area contributed by atoms with Gasteiger partial charge in [-0.3, -0.25) is 14.9 Å². The Morgan fingerprint density at radius 2 is 2.00 bits per heavy atom. The number of rotatable bonds is 2. The highest BCUT2D eigenvalue weighted by atomic mass is 19.1. The van der Waals surface area contributed by atoms with Crippen molar-refractivity contribution >= 4 is 5.91 Å². The van der Waals surface area contributed by atoms with E-state index in [1.54, 1.807) is 36.5 Å². The van der Waals surface area contributed by atoms with Crippen LogP contribution in [0.2, 0.25) is 0 Å². The van der Waals surface area contributed by atoms with Crippen molar-refractivity contribution in [3.05, 3.63) is 71.4 Å². The number of hydrogen-bond acceptors (Lipinski definition) is 3. The van der Waals surface area contributed by atoms with Gasteiger partial charge in [0.2, 0.25) is 0 Å². The van der Waals surface area contributed by atoms with E-state index in [9.17, 15) is 9.18 Å². The van der Waals surface area contributed by atoms with E-state index < -0.39 is 0 Å². The molecule has 3 aromatic rings. The Balaban J connectivity index is 1.90. The fourth-order valence-electron chi connectivity index (χ4n) is 3.02. The number of halogens is 1. The van der Waals surface area contributed by atoms with Gasteiger partial charge >= 0.3 is 0 Å². The van der Waals surface area contributed by atoms with E-state index >= 15 is 0 Å². The van der Waals surface area contributed by atoms with Gasteiger partial charge in [-0.25, -0.2) is 4.39 Å². The molecule has 23 heavy (non-hydrogen) atoms. The zero-order valence-electron chi connectivity index (χ0n) is 12.3. The molecule has 0 saturated heterocycles. The smallest absolute Gasteiger partial charge is 0.272 e. The normalized spacial score (nSPS) is 16.7. The number of H-pyrrole nitrogens is 1. The van der Waals surface area contributed by atoms with E-state index in [1.165, 1.54) is 12.1 Å². The molecule has 1 atom stereocenters. The number of benzene rings is 1. The number of amides is 1. The van der Waals surface area contributed by atoms with Crippen molar-refractivity contribution in [2.75, 3.05) is 7.05 Å². The molecule has 0 saturated carbocycles. The van der Waals surface area contributed by atoms with Crippen LogP contribution in [-0.2, 0) is 0 Å². The van der Waals surface area contributed by atoms with Crippen LogP contribution in [0.25, 0.3) is 11.3 Å². The Bertz CT molecular complexity index is 873. The van der Waals surface area contributed by atoms with Crippen LogP contribution in [-0.4, -0.2) is 33.0 Å². The van der Waals surface area contributed by atoms with Gasteiger partial charge in [-0.1, -0.05) is 6.07 Å². The third-order valence-electron chi connectivity index (χ3n) is 4.12. The highest BCUT2D eigenvalue weighted by Crippen LogP contribution is 2.41. The summed E-state index contributed by atoms with van der Waals surface area (Å²) >= 11 is 0.